The average Bonchev–Trinajstić information content (AvgIpc) is 2.56. The molecule has 0 unspecified atom stereocenters. The standard InChI is InChI=1S/C20H22INO2/c1-5-10-24-20-17(21)11-16(12-19(20)23-6-2)13-22-18-9-7-8-14(3)15(18)4/h5,7-9,11-13H,1,6,10H2,2-4H3. The Morgan fingerprint density at radius 3 is 2.71 bits per heavy atom. The number of halogens is 1. The van der Waals surface area contributed by atoms with Gasteiger partial charge in [0.15, 0.2) is 11.5 Å². The van der Waals surface area contributed by atoms with Gasteiger partial charge in [-0.15, -0.1) is 0 Å². The molecule has 24 heavy (non-hydrogen) atoms. The molecule has 0 atom stereocenters. The Morgan fingerprint density at radius 1 is 1.21 bits per heavy atom. The van der Waals surface area contributed by atoms with Gasteiger partial charge in [-0.05, 0) is 78.3 Å². The van der Waals surface area contributed by atoms with E-state index in [1.807, 2.05) is 37.4 Å². The first kappa shape index (κ1) is 18.5. The van der Waals surface area contributed by atoms with E-state index < -0.39 is 0 Å². The van der Waals surface area contributed by atoms with E-state index in [9.17, 15) is 0 Å². The zero-order chi connectivity index (χ0) is 17.5. The van der Waals surface area contributed by atoms with Crippen molar-refractivity contribution in [1.29, 1.82) is 0 Å². The van der Waals surface area contributed by atoms with Gasteiger partial charge in [-0.3, -0.25) is 4.99 Å². The SMILES string of the molecule is C=CCOc1c(I)cc(C=Nc2cccc(C)c2C)cc1OCC. The summed E-state index contributed by atoms with van der Waals surface area (Å²) in [4.78, 5) is 4.63. The van der Waals surface area contributed by atoms with E-state index >= 15 is 0 Å². The lowest BCUT2D eigenvalue weighted by Crippen LogP contribution is -2.02. The van der Waals surface area contributed by atoms with E-state index in [1.54, 1.807) is 6.08 Å². The summed E-state index contributed by atoms with van der Waals surface area (Å²) in [7, 11) is 0. The molecule has 0 bridgehead atoms. The van der Waals surface area contributed by atoms with Crippen LogP contribution in [0.15, 0.2) is 48.0 Å². The topological polar surface area (TPSA) is 30.8 Å². The summed E-state index contributed by atoms with van der Waals surface area (Å²) in [6, 6.07) is 10.1. The van der Waals surface area contributed by atoms with Gasteiger partial charge in [-0.25, -0.2) is 0 Å². The molecule has 0 saturated carbocycles. The maximum absolute atomic E-state index is 5.73. The fourth-order valence-electron chi connectivity index (χ4n) is 2.23. The predicted octanol–water partition coefficient (Wildman–Crippen LogP) is 5.62. The van der Waals surface area contributed by atoms with Crippen molar-refractivity contribution in [1.82, 2.24) is 0 Å². The summed E-state index contributed by atoms with van der Waals surface area (Å²) >= 11 is 2.26. The Bertz CT molecular complexity index is 754. The van der Waals surface area contributed by atoms with Crippen LogP contribution in [-0.4, -0.2) is 19.4 Å². The molecule has 0 aliphatic heterocycles. The zero-order valence-electron chi connectivity index (χ0n) is 14.3. The van der Waals surface area contributed by atoms with Gasteiger partial charge in [0.1, 0.15) is 6.61 Å². The molecule has 2 aromatic carbocycles. The molecule has 0 aromatic heterocycles. The van der Waals surface area contributed by atoms with Crippen LogP contribution in [0.5, 0.6) is 11.5 Å². The van der Waals surface area contributed by atoms with Crippen LogP contribution >= 0.6 is 22.6 Å². The van der Waals surface area contributed by atoms with Gasteiger partial charge in [0.05, 0.1) is 15.9 Å². The number of rotatable bonds is 7. The van der Waals surface area contributed by atoms with Crippen LogP contribution < -0.4 is 9.47 Å². The lowest BCUT2D eigenvalue weighted by molar-refractivity contribution is 0.295. The highest BCUT2D eigenvalue weighted by atomic mass is 127. The van der Waals surface area contributed by atoms with Crippen LogP contribution in [-0.2, 0) is 0 Å². The summed E-state index contributed by atoms with van der Waals surface area (Å²) in [5.41, 5.74) is 4.39. The third kappa shape index (κ3) is 4.60. The van der Waals surface area contributed by atoms with Gasteiger partial charge in [0.25, 0.3) is 0 Å². The second kappa shape index (κ2) is 8.87. The van der Waals surface area contributed by atoms with Crippen molar-refractivity contribution in [3.05, 3.63) is 63.2 Å². The highest BCUT2D eigenvalue weighted by molar-refractivity contribution is 14.1. The van der Waals surface area contributed by atoms with Gasteiger partial charge < -0.3 is 9.47 Å². The molecule has 2 rings (SSSR count). The largest absolute Gasteiger partial charge is 0.490 e. The quantitative estimate of drug-likeness (QED) is 0.321. The fraction of sp³-hybridized carbons (Fsp3) is 0.250. The first-order valence-electron chi connectivity index (χ1n) is 7.87. The second-order valence-corrected chi connectivity index (χ2v) is 6.50. The molecule has 0 aliphatic rings. The first-order valence-corrected chi connectivity index (χ1v) is 8.95. The van der Waals surface area contributed by atoms with Gasteiger partial charge in [-0.1, -0.05) is 24.8 Å². The maximum atomic E-state index is 5.73. The van der Waals surface area contributed by atoms with E-state index in [1.165, 1.54) is 11.1 Å². The highest BCUT2D eigenvalue weighted by Gasteiger charge is 2.11. The number of hydrogen-bond acceptors (Lipinski definition) is 3. The summed E-state index contributed by atoms with van der Waals surface area (Å²) in [5, 5.41) is 0. The third-order valence-electron chi connectivity index (χ3n) is 3.61. The molecule has 0 fully saturated rings. The number of nitrogens with zero attached hydrogens (tertiary/aromatic N) is 1. The van der Waals surface area contributed by atoms with Crippen molar-refractivity contribution < 1.29 is 9.47 Å². The monoisotopic (exact) mass is 435 g/mol. The first-order chi connectivity index (χ1) is 11.6. The van der Waals surface area contributed by atoms with Crippen LogP contribution in [0.2, 0.25) is 0 Å². The third-order valence-corrected chi connectivity index (χ3v) is 4.41. The minimum atomic E-state index is 0.450. The molecule has 0 N–H and O–H groups in total. The molecule has 0 heterocycles. The van der Waals surface area contributed by atoms with Crippen molar-refractivity contribution in [3.8, 4) is 11.5 Å². The molecular weight excluding hydrogens is 413 g/mol. The van der Waals surface area contributed by atoms with E-state index in [-0.39, 0.29) is 0 Å². The minimum Gasteiger partial charge on any atom is -0.490 e. The molecule has 0 radical (unpaired) electrons. The zero-order valence-corrected chi connectivity index (χ0v) is 16.5. The van der Waals surface area contributed by atoms with E-state index in [0.717, 1.165) is 26.3 Å². The lowest BCUT2D eigenvalue weighted by Gasteiger charge is -2.13. The Kier molecular flexibility index (Phi) is 6.85. The van der Waals surface area contributed by atoms with E-state index in [2.05, 4.69) is 54.1 Å². The number of aryl methyl sites for hydroxylation is 1. The Morgan fingerprint density at radius 2 is 2.00 bits per heavy atom. The Labute approximate surface area is 157 Å². The van der Waals surface area contributed by atoms with Gasteiger partial charge in [-0.2, -0.15) is 0 Å². The van der Waals surface area contributed by atoms with Crippen molar-refractivity contribution in [2.45, 2.75) is 20.8 Å². The molecule has 0 spiro atoms. The lowest BCUT2D eigenvalue weighted by atomic mass is 10.1. The van der Waals surface area contributed by atoms with Crippen LogP contribution in [0.3, 0.4) is 0 Å². The molecule has 0 saturated heterocycles. The number of benzene rings is 2. The van der Waals surface area contributed by atoms with Crippen LogP contribution in [0.1, 0.15) is 23.6 Å². The predicted molar refractivity (Wildman–Crippen MR) is 109 cm³/mol. The maximum Gasteiger partial charge on any atom is 0.174 e. The summed E-state index contributed by atoms with van der Waals surface area (Å²) in [6.07, 6.45) is 3.59. The Balaban J connectivity index is 2.35. The van der Waals surface area contributed by atoms with Gasteiger partial charge >= 0.3 is 0 Å². The van der Waals surface area contributed by atoms with E-state index in [0.29, 0.717) is 13.2 Å². The smallest absolute Gasteiger partial charge is 0.174 e. The molecule has 0 amide bonds. The van der Waals surface area contributed by atoms with Crippen LogP contribution in [0.25, 0.3) is 0 Å². The van der Waals surface area contributed by atoms with Crippen molar-refractivity contribution in [2.24, 2.45) is 4.99 Å². The fourth-order valence-corrected chi connectivity index (χ4v) is 3.01. The summed E-state index contributed by atoms with van der Waals surface area (Å²) in [5.74, 6) is 1.48. The molecule has 0 aliphatic carbocycles. The van der Waals surface area contributed by atoms with Gasteiger partial charge in [0.2, 0.25) is 0 Å². The molecule has 4 heteroatoms. The minimum absolute atomic E-state index is 0.450. The number of ether oxygens (including phenoxy) is 2. The Hall–Kier alpha value is -1.82. The molecule has 3 nitrogen and oxygen atoms in total. The van der Waals surface area contributed by atoms with Crippen LogP contribution in [0.4, 0.5) is 5.69 Å². The normalized spacial score (nSPS) is 10.8. The highest BCUT2D eigenvalue weighted by Crippen LogP contribution is 2.34. The second-order valence-electron chi connectivity index (χ2n) is 5.34. The number of aliphatic imine (C=N–C) groups is 1. The molecule has 126 valence electrons. The van der Waals surface area contributed by atoms with Crippen molar-refractivity contribution in [2.75, 3.05) is 13.2 Å². The summed E-state index contributed by atoms with van der Waals surface area (Å²) in [6.45, 7) is 10.9. The molecule has 2 aromatic rings. The number of hydrogen-bond donors (Lipinski definition) is 0. The van der Waals surface area contributed by atoms with Crippen molar-refractivity contribution in [3.63, 3.8) is 0 Å². The van der Waals surface area contributed by atoms with Gasteiger partial charge in [0, 0.05) is 6.21 Å². The van der Waals surface area contributed by atoms with E-state index in [4.69, 9.17) is 9.47 Å². The average molecular weight is 435 g/mol. The van der Waals surface area contributed by atoms with Crippen LogP contribution in [0, 0.1) is 17.4 Å². The molecular formula is C20H22INO2. The summed E-state index contributed by atoms with van der Waals surface area (Å²) < 4.78 is 12.4. The van der Waals surface area contributed by atoms with Crippen molar-refractivity contribution >= 4 is 34.5 Å².